The number of hydrogen-bond acceptors (Lipinski definition) is 2. The van der Waals surface area contributed by atoms with Gasteiger partial charge in [0, 0.05) is 30.9 Å². The highest BCUT2D eigenvalue weighted by Crippen LogP contribution is 2.17. The van der Waals surface area contributed by atoms with E-state index in [1.54, 1.807) is 0 Å². The summed E-state index contributed by atoms with van der Waals surface area (Å²) in [5.41, 5.74) is 2.85. The van der Waals surface area contributed by atoms with Gasteiger partial charge in [-0.3, -0.25) is 0 Å². The Kier molecular flexibility index (Phi) is 6.51. The average Bonchev–Trinajstić information content (AvgIpc) is 2.50. The van der Waals surface area contributed by atoms with E-state index in [1.807, 2.05) is 51.7 Å². The molecule has 144 valence electrons. The smallest absolute Gasteiger partial charge is 0.319 e. The van der Waals surface area contributed by atoms with Crippen LogP contribution < -0.4 is 16.0 Å². The van der Waals surface area contributed by atoms with E-state index in [2.05, 4.69) is 22.0 Å². The van der Waals surface area contributed by atoms with E-state index in [4.69, 9.17) is 0 Å². The SMILES string of the molecule is Cc1cc(C)cc(NC(=O)NCC2CCN(C(=O)NC(C)(C)C)CC2)c1. The Labute approximate surface area is 156 Å². The van der Waals surface area contributed by atoms with Gasteiger partial charge >= 0.3 is 12.1 Å². The van der Waals surface area contributed by atoms with E-state index in [-0.39, 0.29) is 17.6 Å². The third-order valence-electron chi connectivity index (χ3n) is 4.41. The number of rotatable bonds is 3. The summed E-state index contributed by atoms with van der Waals surface area (Å²) in [4.78, 5) is 26.1. The van der Waals surface area contributed by atoms with Crippen LogP contribution in [-0.2, 0) is 0 Å². The molecule has 1 aromatic rings. The summed E-state index contributed by atoms with van der Waals surface area (Å²) in [5, 5.41) is 8.84. The lowest BCUT2D eigenvalue weighted by molar-refractivity contribution is 0.162. The quantitative estimate of drug-likeness (QED) is 0.770. The van der Waals surface area contributed by atoms with Gasteiger partial charge in [0.05, 0.1) is 0 Å². The van der Waals surface area contributed by atoms with Crippen molar-refractivity contribution < 1.29 is 9.59 Å². The number of carbonyl (C=O) groups is 2. The first kappa shape index (κ1) is 20.1. The maximum atomic E-state index is 12.2. The molecule has 4 amide bonds. The summed E-state index contributed by atoms with van der Waals surface area (Å²) >= 11 is 0. The van der Waals surface area contributed by atoms with E-state index in [9.17, 15) is 9.59 Å². The van der Waals surface area contributed by atoms with Gasteiger partial charge in [-0.2, -0.15) is 0 Å². The fourth-order valence-corrected chi connectivity index (χ4v) is 3.20. The first-order chi connectivity index (χ1) is 12.1. The second-order valence-corrected chi connectivity index (χ2v) is 8.32. The minimum absolute atomic E-state index is 0.00327. The summed E-state index contributed by atoms with van der Waals surface area (Å²) < 4.78 is 0. The van der Waals surface area contributed by atoms with Gasteiger partial charge in [-0.25, -0.2) is 9.59 Å². The minimum Gasteiger partial charge on any atom is -0.338 e. The van der Waals surface area contributed by atoms with Gasteiger partial charge in [0.25, 0.3) is 0 Å². The van der Waals surface area contributed by atoms with Crippen LogP contribution in [0.2, 0.25) is 0 Å². The van der Waals surface area contributed by atoms with Crippen LogP contribution >= 0.6 is 0 Å². The van der Waals surface area contributed by atoms with Crippen molar-refractivity contribution >= 4 is 17.7 Å². The Morgan fingerprint density at radius 3 is 2.19 bits per heavy atom. The zero-order valence-electron chi connectivity index (χ0n) is 16.6. The Bertz CT molecular complexity index is 623. The molecule has 1 aliphatic heterocycles. The van der Waals surface area contributed by atoms with Crippen LogP contribution in [-0.4, -0.2) is 42.1 Å². The van der Waals surface area contributed by atoms with Gasteiger partial charge in [0.15, 0.2) is 0 Å². The molecule has 1 aliphatic rings. The van der Waals surface area contributed by atoms with Crippen molar-refractivity contribution in [2.75, 3.05) is 25.0 Å². The van der Waals surface area contributed by atoms with Crippen molar-refractivity contribution in [1.82, 2.24) is 15.5 Å². The summed E-state index contributed by atoms with van der Waals surface area (Å²) in [5.74, 6) is 0.402. The number of carbonyl (C=O) groups excluding carboxylic acids is 2. The number of amides is 4. The van der Waals surface area contributed by atoms with Gasteiger partial charge < -0.3 is 20.9 Å². The lowest BCUT2D eigenvalue weighted by Gasteiger charge is -2.34. The lowest BCUT2D eigenvalue weighted by atomic mass is 9.97. The maximum absolute atomic E-state index is 12.2. The largest absolute Gasteiger partial charge is 0.338 e. The zero-order valence-corrected chi connectivity index (χ0v) is 16.6. The van der Waals surface area contributed by atoms with E-state index < -0.39 is 0 Å². The fraction of sp³-hybridized carbons (Fsp3) is 0.600. The number of benzene rings is 1. The Balaban J connectivity index is 1.72. The molecular weight excluding hydrogens is 328 g/mol. The second kappa shape index (κ2) is 8.43. The average molecular weight is 361 g/mol. The Morgan fingerprint density at radius 1 is 1.08 bits per heavy atom. The monoisotopic (exact) mass is 360 g/mol. The molecule has 0 aliphatic carbocycles. The zero-order chi connectivity index (χ0) is 19.3. The topological polar surface area (TPSA) is 73.5 Å². The Hall–Kier alpha value is -2.24. The van der Waals surface area contributed by atoms with E-state index >= 15 is 0 Å². The van der Waals surface area contributed by atoms with Crippen molar-refractivity contribution in [2.45, 2.75) is 53.0 Å². The summed E-state index contributed by atoms with van der Waals surface area (Å²) in [6, 6.07) is 5.81. The third-order valence-corrected chi connectivity index (χ3v) is 4.41. The third kappa shape index (κ3) is 6.58. The maximum Gasteiger partial charge on any atom is 0.319 e. The second-order valence-electron chi connectivity index (χ2n) is 8.32. The number of urea groups is 2. The summed E-state index contributed by atoms with van der Waals surface area (Å²) in [6.07, 6.45) is 1.81. The van der Waals surface area contributed by atoms with E-state index in [1.165, 1.54) is 0 Å². The fourth-order valence-electron chi connectivity index (χ4n) is 3.20. The van der Waals surface area contributed by atoms with E-state index in [0.29, 0.717) is 12.5 Å². The molecule has 2 rings (SSSR count). The van der Waals surface area contributed by atoms with Crippen molar-refractivity contribution in [3.63, 3.8) is 0 Å². The molecule has 1 fully saturated rings. The number of nitrogens with one attached hydrogen (secondary N) is 3. The standard InChI is InChI=1S/C20H32N4O2/c1-14-10-15(2)12-17(11-14)22-18(25)21-13-16-6-8-24(9-7-16)19(26)23-20(3,4)5/h10-12,16H,6-9,13H2,1-5H3,(H,23,26)(H2,21,22,25). The molecule has 1 heterocycles. The predicted molar refractivity (Wildman–Crippen MR) is 106 cm³/mol. The Morgan fingerprint density at radius 2 is 1.65 bits per heavy atom. The molecule has 0 aromatic heterocycles. The highest BCUT2D eigenvalue weighted by atomic mass is 16.2. The highest BCUT2D eigenvalue weighted by molar-refractivity contribution is 5.89. The molecule has 6 heteroatoms. The van der Waals surface area contributed by atoms with Gasteiger partial charge in [-0.05, 0) is 76.6 Å². The molecule has 6 nitrogen and oxygen atoms in total. The molecule has 0 saturated carbocycles. The molecule has 1 aromatic carbocycles. The van der Waals surface area contributed by atoms with Crippen molar-refractivity contribution in [3.05, 3.63) is 29.3 Å². The van der Waals surface area contributed by atoms with Gasteiger partial charge in [-0.1, -0.05) is 6.07 Å². The van der Waals surface area contributed by atoms with Crippen molar-refractivity contribution in [3.8, 4) is 0 Å². The van der Waals surface area contributed by atoms with Crippen molar-refractivity contribution in [1.29, 1.82) is 0 Å². The number of likely N-dealkylation sites (tertiary alicyclic amines) is 1. The molecule has 0 unspecified atom stereocenters. The van der Waals surface area contributed by atoms with Crippen LogP contribution in [0, 0.1) is 19.8 Å². The van der Waals surface area contributed by atoms with Gasteiger partial charge in [0.1, 0.15) is 0 Å². The van der Waals surface area contributed by atoms with Crippen LogP contribution in [0.25, 0.3) is 0 Å². The summed E-state index contributed by atoms with van der Waals surface area (Å²) in [7, 11) is 0. The van der Waals surface area contributed by atoms with Crippen LogP contribution in [0.1, 0.15) is 44.7 Å². The number of nitrogens with zero attached hydrogens (tertiary/aromatic N) is 1. The molecule has 26 heavy (non-hydrogen) atoms. The number of piperidine rings is 1. The molecule has 0 bridgehead atoms. The molecule has 0 radical (unpaired) electrons. The summed E-state index contributed by atoms with van der Waals surface area (Å²) in [6.45, 7) is 12.1. The first-order valence-electron chi connectivity index (χ1n) is 9.32. The first-order valence-corrected chi connectivity index (χ1v) is 9.32. The van der Waals surface area contributed by atoms with Crippen LogP contribution in [0.3, 0.4) is 0 Å². The molecule has 0 spiro atoms. The van der Waals surface area contributed by atoms with Crippen LogP contribution in [0.5, 0.6) is 0 Å². The molecule has 0 atom stereocenters. The van der Waals surface area contributed by atoms with E-state index in [0.717, 1.165) is 42.7 Å². The molecule has 1 saturated heterocycles. The minimum atomic E-state index is -0.221. The number of aryl methyl sites for hydroxylation is 2. The van der Waals surface area contributed by atoms with Gasteiger partial charge in [-0.15, -0.1) is 0 Å². The normalized spacial score (nSPS) is 15.5. The van der Waals surface area contributed by atoms with Crippen LogP contribution in [0.4, 0.5) is 15.3 Å². The van der Waals surface area contributed by atoms with Crippen molar-refractivity contribution in [2.24, 2.45) is 5.92 Å². The predicted octanol–water partition coefficient (Wildman–Crippen LogP) is 3.65. The van der Waals surface area contributed by atoms with Gasteiger partial charge in [0.2, 0.25) is 0 Å². The van der Waals surface area contributed by atoms with Crippen LogP contribution in [0.15, 0.2) is 18.2 Å². The number of hydrogen-bond donors (Lipinski definition) is 3. The molecule has 3 N–H and O–H groups in total. The number of anilines is 1. The lowest BCUT2D eigenvalue weighted by Crippen LogP contribution is -2.51. The highest BCUT2D eigenvalue weighted by Gasteiger charge is 2.25. The molecular formula is C20H32N4O2.